The largest absolute Gasteiger partial charge is 0.352 e. The van der Waals surface area contributed by atoms with Crippen molar-refractivity contribution in [2.75, 3.05) is 6.54 Å². The molecule has 0 aromatic carbocycles. The van der Waals surface area contributed by atoms with Crippen molar-refractivity contribution >= 4 is 5.91 Å². The topological polar surface area (TPSA) is 98.9 Å². The number of hydrogen-bond acceptors (Lipinski definition) is 5. The van der Waals surface area contributed by atoms with Gasteiger partial charge in [-0.15, -0.1) is 0 Å². The van der Waals surface area contributed by atoms with E-state index in [1.54, 1.807) is 26.0 Å². The van der Waals surface area contributed by atoms with Crippen LogP contribution in [0.4, 0.5) is 0 Å². The Balaban J connectivity index is 1.64. The molecule has 8 nitrogen and oxygen atoms in total. The number of rotatable bonds is 5. The first-order valence-electron chi connectivity index (χ1n) is 8.40. The first-order valence-corrected chi connectivity index (χ1v) is 8.40. The second-order valence-electron chi connectivity index (χ2n) is 6.26. The van der Waals surface area contributed by atoms with Crippen molar-refractivity contribution in [3.8, 4) is 0 Å². The summed E-state index contributed by atoms with van der Waals surface area (Å²) in [4.78, 5) is 36.2. The molecule has 0 fully saturated rings. The number of carbonyl (C=O) groups excluding carboxylic acids is 1. The van der Waals surface area contributed by atoms with Crippen molar-refractivity contribution in [1.82, 2.24) is 24.9 Å². The van der Waals surface area contributed by atoms with Crippen molar-refractivity contribution in [3.05, 3.63) is 55.9 Å². The van der Waals surface area contributed by atoms with E-state index in [1.807, 2.05) is 0 Å². The number of nitrogens with one attached hydrogen (secondary N) is 1. The Morgan fingerprint density at radius 3 is 2.84 bits per heavy atom. The van der Waals surface area contributed by atoms with E-state index in [1.165, 1.54) is 15.4 Å². The predicted molar refractivity (Wildman–Crippen MR) is 91.5 cm³/mol. The van der Waals surface area contributed by atoms with Gasteiger partial charge in [0.15, 0.2) is 0 Å². The highest BCUT2D eigenvalue weighted by Crippen LogP contribution is 2.17. The summed E-state index contributed by atoms with van der Waals surface area (Å²) in [6.07, 6.45) is 2.70. The normalized spacial score (nSPS) is 14.2. The molecule has 25 heavy (non-hydrogen) atoms. The van der Waals surface area contributed by atoms with Crippen LogP contribution in [-0.2, 0) is 24.2 Å². The fraction of sp³-hybridized carbons (Fsp3) is 0.471. The monoisotopic (exact) mass is 343 g/mol. The Bertz CT molecular complexity index is 915. The number of carbonyl (C=O) groups is 1. The molecule has 2 aromatic rings. The molecule has 1 atom stereocenters. The molecule has 2 aromatic heterocycles. The molecule has 1 aliphatic rings. The van der Waals surface area contributed by atoms with Crippen molar-refractivity contribution < 1.29 is 4.79 Å². The second-order valence-corrected chi connectivity index (χ2v) is 6.26. The van der Waals surface area contributed by atoms with Crippen LogP contribution in [-0.4, -0.2) is 32.0 Å². The Hall–Kier alpha value is -2.77. The maximum absolute atomic E-state index is 12.3. The quantitative estimate of drug-likeness (QED) is 0.822. The van der Waals surface area contributed by atoms with Crippen LogP contribution >= 0.6 is 0 Å². The van der Waals surface area contributed by atoms with Gasteiger partial charge in [0.25, 0.3) is 11.1 Å². The van der Waals surface area contributed by atoms with Crippen LogP contribution in [0.3, 0.4) is 0 Å². The third-order valence-corrected chi connectivity index (χ3v) is 4.35. The lowest BCUT2D eigenvalue weighted by molar-refractivity contribution is -0.124. The van der Waals surface area contributed by atoms with Crippen LogP contribution < -0.4 is 16.4 Å². The van der Waals surface area contributed by atoms with Gasteiger partial charge in [-0.1, -0.05) is 0 Å². The predicted octanol–water partition coefficient (Wildman–Crippen LogP) is -0.0255. The number of aromatic nitrogens is 4. The van der Waals surface area contributed by atoms with E-state index in [-0.39, 0.29) is 30.1 Å². The van der Waals surface area contributed by atoms with Gasteiger partial charge in [-0.2, -0.15) is 10.2 Å². The fourth-order valence-electron chi connectivity index (χ4n) is 2.95. The van der Waals surface area contributed by atoms with Gasteiger partial charge in [-0.3, -0.25) is 14.4 Å². The van der Waals surface area contributed by atoms with Crippen molar-refractivity contribution in [2.24, 2.45) is 0 Å². The molecule has 0 aliphatic heterocycles. The maximum Gasteiger partial charge on any atom is 0.267 e. The van der Waals surface area contributed by atoms with Crippen LogP contribution in [0.5, 0.6) is 0 Å². The molecule has 3 rings (SSSR count). The van der Waals surface area contributed by atoms with Crippen LogP contribution in [0, 0.1) is 6.92 Å². The standard InChI is InChI=1S/C17H21N5O3/c1-11-6-7-15(23)21(19-11)9-8-18-17(25)12(2)22-16(24)10-13-4-3-5-14(13)20-22/h6-7,10,12H,3-5,8-9H2,1-2H3,(H,18,25). The summed E-state index contributed by atoms with van der Waals surface area (Å²) in [6, 6.07) is 3.96. The smallest absolute Gasteiger partial charge is 0.267 e. The van der Waals surface area contributed by atoms with Gasteiger partial charge in [0, 0.05) is 18.7 Å². The molecule has 2 heterocycles. The van der Waals surface area contributed by atoms with Crippen LogP contribution in [0.25, 0.3) is 0 Å². The fourth-order valence-corrected chi connectivity index (χ4v) is 2.95. The van der Waals surface area contributed by atoms with E-state index in [0.29, 0.717) is 0 Å². The first-order chi connectivity index (χ1) is 12.0. The van der Waals surface area contributed by atoms with Gasteiger partial charge in [-0.25, -0.2) is 9.36 Å². The van der Waals surface area contributed by atoms with Gasteiger partial charge >= 0.3 is 0 Å². The highest BCUT2D eigenvalue weighted by Gasteiger charge is 2.21. The van der Waals surface area contributed by atoms with Crippen LogP contribution in [0.15, 0.2) is 27.8 Å². The Morgan fingerprint density at radius 1 is 1.24 bits per heavy atom. The number of amides is 1. The molecule has 1 unspecified atom stereocenters. The minimum Gasteiger partial charge on any atom is -0.352 e. The van der Waals surface area contributed by atoms with Gasteiger partial charge in [-0.05, 0) is 44.7 Å². The van der Waals surface area contributed by atoms with Crippen molar-refractivity contribution in [2.45, 2.75) is 45.7 Å². The molecule has 0 radical (unpaired) electrons. The second kappa shape index (κ2) is 7.00. The van der Waals surface area contributed by atoms with E-state index in [2.05, 4.69) is 15.5 Å². The third-order valence-electron chi connectivity index (χ3n) is 4.35. The molecule has 0 saturated carbocycles. The SMILES string of the molecule is Cc1ccc(=O)n(CCNC(=O)C(C)n2nc3c(cc2=O)CCC3)n1. The zero-order valence-corrected chi connectivity index (χ0v) is 14.4. The van der Waals surface area contributed by atoms with Crippen molar-refractivity contribution in [3.63, 3.8) is 0 Å². The number of aryl methyl sites for hydroxylation is 3. The maximum atomic E-state index is 12.3. The summed E-state index contributed by atoms with van der Waals surface area (Å²) in [5, 5.41) is 11.2. The lowest BCUT2D eigenvalue weighted by Crippen LogP contribution is -2.39. The Kier molecular flexibility index (Phi) is 4.78. The van der Waals surface area contributed by atoms with E-state index in [0.717, 1.165) is 36.2 Å². The van der Waals surface area contributed by atoms with E-state index in [9.17, 15) is 14.4 Å². The van der Waals surface area contributed by atoms with E-state index in [4.69, 9.17) is 0 Å². The van der Waals surface area contributed by atoms with Gasteiger partial charge in [0.05, 0.1) is 17.9 Å². The Morgan fingerprint density at radius 2 is 2.04 bits per heavy atom. The van der Waals surface area contributed by atoms with Gasteiger partial charge in [0.1, 0.15) is 6.04 Å². The van der Waals surface area contributed by atoms with Crippen molar-refractivity contribution in [1.29, 1.82) is 0 Å². The number of fused-ring (bicyclic) bond motifs is 1. The Labute approximate surface area is 144 Å². The first kappa shape index (κ1) is 17.1. The van der Waals surface area contributed by atoms with Crippen LogP contribution in [0.1, 0.15) is 36.3 Å². The lowest BCUT2D eigenvalue weighted by atomic mass is 10.2. The molecule has 1 amide bonds. The summed E-state index contributed by atoms with van der Waals surface area (Å²) in [5.41, 5.74) is 2.13. The lowest BCUT2D eigenvalue weighted by Gasteiger charge is -2.15. The molecular weight excluding hydrogens is 322 g/mol. The molecule has 0 bridgehead atoms. The molecule has 8 heteroatoms. The van der Waals surface area contributed by atoms with Crippen LogP contribution in [0.2, 0.25) is 0 Å². The number of nitrogens with zero attached hydrogens (tertiary/aromatic N) is 4. The number of hydrogen-bond donors (Lipinski definition) is 1. The third kappa shape index (κ3) is 3.67. The summed E-state index contributed by atoms with van der Waals surface area (Å²) in [7, 11) is 0. The molecule has 0 saturated heterocycles. The average molecular weight is 343 g/mol. The highest BCUT2D eigenvalue weighted by molar-refractivity contribution is 5.79. The molecule has 132 valence electrons. The summed E-state index contributed by atoms with van der Waals surface area (Å²) < 4.78 is 2.54. The zero-order chi connectivity index (χ0) is 18.0. The van der Waals surface area contributed by atoms with Gasteiger partial charge < -0.3 is 5.32 Å². The van der Waals surface area contributed by atoms with Gasteiger partial charge in [0.2, 0.25) is 5.91 Å². The minimum atomic E-state index is -0.708. The summed E-state index contributed by atoms with van der Waals surface area (Å²) in [6.45, 7) is 3.95. The molecule has 1 aliphatic carbocycles. The molecule has 1 N–H and O–H groups in total. The van der Waals surface area contributed by atoms with E-state index >= 15 is 0 Å². The van der Waals surface area contributed by atoms with E-state index < -0.39 is 6.04 Å². The molecule has 0 spiro atoms. The minimum absolute atomic E-state index is 0.218. The average Bonchev–Trinajstić information content (AvgIpc) is 3.03. The molecular formula is C17H21N5O3. The summed E-state index contributed by atoms with van der Waals surface area (Å²) >= 11 is 0. The highest BCUT2D eigenvalue weighted by atomic mass is 16.2. The zero-order valence-electron chi connectivity index (χ0n) is 14.4. The summed E-state index contributed by atoms with van der Waals surface area (Å²) in [5.74, 6) is -0.312.